The molecule has 2 N–H and O–H groups in total. The fourth-order valence-electron chi connectivity index (χ4n) is 3.70. The van der Waals surface area contributed by atoms with Crippen LogP contribution in [-0.2, 0) is 20.1 Å². The first-order valence-corrected chi connectivity index (χ1v) is 10.6. The first-order chi connectivity index (χ1) is 15.5. The van der Waals surface area contributed by atoms with Crippen LogP contribution in [0.3, 0.4) is 0 Å². The van der Waals surface area contributed by atoms with Crippen LogP contribution in [0.25, 0.3) is 0 Å². The molecule has 2 heterocycles. The van der Waals surface area contributed by atoms with Crippen molar-refractivity contribution in [3.8, 4) is 0 Å². The largest absolute Gasteiger partial charge is 0.367 e. The van der Waals surface area contributed by atoms with E-state index in [9.17, 15) is 8.78 Å². The number of benzene rings is 2. The van der Waals surface area contributed by atoms with Crippen molar-refractivity contribution in [2.75, 3.05) is 18.0 Å². The normalized spacial score (nSPS) is 15.9. The van der Waals surface area contributed by atoms with Crippen LogP contribution in [-0.4, -0.2) is 39.9 Å². The number of hydrogen-bond acceptors (Lipinski definition) is 4. The summed E-state index contributed by atoms with van der Waals surface area (Å²) in [5.41, 5.74) is 1.52. The zero-order valence-electron chi connectivity index (χ0n) is 18.6. The number of nitrogens with one attached hydrogen (secondary N) is 2. The molecule has 33 heavy (non-hydrogen) atoms. The SMILES string of the molecule is Cc1nnc(CNC(=NCc2ccccc2)NC2CCN(c3ccc(F)cc3F)C2)n1C.I. The van der Waals surface area contributed by atoms with E-state index in [0.29, 0.717) is 37.8 Å². The number of aliphatic imine (C=N–C) groups is 1. The van der Waals surface area contributed by atoms with Gasteiger partial charge < -0.3 is 20.1 Å². The zero-order valence-corrected chi connectivity index (χ0v) is 21.0. The number of halogens is 3. The van der Waals surface area contributed by atoms with Crippen molar-refractivity contribution < 1.29 is 8.78 Å². The monoisotopic (exact) mass is 567 g/mol. The van der Waals surface area contributed by atoms with Gasteiger partial charge in [0, 0.05) is 32.2 Å². The number of aromatic nitrogens is 3. The topological polar surface area (TPSA) is 70.4 Å². The minimum atomic E-state index is -0.571. The number of nitrogens with zero attached hydrogens (tertiary/aromatic N) is 5. The third-order valence-corrected chi connectivity index (χ3v) is 5.64. The van der Waals surface area contributed by atoms with Crippen LogP contribution in [0.1, 0.15) is 23.6 Å². The molecule has 176 valence electrons. The lowest BCUT2D eigenvalue weighted by atomic mass is 10.2. The minimum Gasteiger partial charge on any atom is -0.367 e. The molecular weight excluding hydrogens is 539 g/mol. The fraction of sp³-hybridized carbons (Fsp3) is 0.348. The van der Waals surface area contributed by atoms with E-state index in [1.165, 1.54) is 12.1 Å². The Morgan fingerprint density at radius 3 is 2.64 bits per heavy atom. The highest BCUT2D eigenvalue weighted by Gasteiger charge is 2.25. The van der Waals surface area contributed by atoms with Crippen LogP contribution < -0.4 is 15.5 Å². The van der Waals surface area contributed by atoms with Gasteiger partial charge in [-0.2, -0.15) is 0 Å². The van der Waals surface area contributed by atoms with Crippen molar-refractivity contribution in [1.29, 1.82) is 0 Å². The summed E-state index contributed by atoms with van der Waals surface area (Å²) in [5.74, 6) is 1.18. The van der Waals surface area contributed by atoms with E-state index < -0.39 is 11.6 Å². The molecule has 0 bridgehead atoms. The van der Waals surface area contributed by atoms with Crippen molar-refractivity contribution >= 4 is 35.6 Å². The van der Waals surface area contributed by atoms with Gasteiger partial charge in [-0.15, -0.1) is 34.2 Å². The summed E-state index contributed by atoms with van der Waals surface area (Å²) in [7, 11) is 1.92. The predicted molar refractivity (Wildman–Crippen MR) is 136 cm³/mol. The molecule has 2 aromatic carbocycles. The molecule has 3 aromatic rings. The van der Waals surface area contributed by atoms with Crippen molar-refractivity contribution in [3.05, 3.63) is 77.4 Å². The quantitative estimate of drug-likeness (QED) is 0.271. The van der Waals surface area contributed by atoms with E-state index in [1.807, 2.05) is 53.8 Å². The van der Waals surface area contributed by atoms with Crippen LogP contribution in [0.15, 0.2) is 53.5 Å². The molecule has 1 aliphatic heterocycles. The van der Waals surface area contributed by atoms with Crippen LogP contribution in [0.2, 0.25) is 0 Å². The van der Waals surface area contributed by atoms with Gasteiger partial charge in [0.25, 0.3) is 0 Å². The Balaban J connectivity index is 0.00000306. The molecule has 1 fully saturated rings. The van der Waals surface area contributed by atoms with E-state index in [-0.39, 0.29) is 30.0 Å². The maximum Gasteiger partial charge on any atom is 0.192 e. The third-order valence-electron chi connectivity index (χ3n) is 5.64. The summed E-state index contributed by atoms with van der Waals surface area (Å²) >= 11 is 0. The fourth-order valence-corrected chi connectivity index (χ4v) is 3.70. The second-order valence-corrected chi connectivity index (χ2v) is 7.90. The Labute approximate surface area is 209 Å². The molecule has 0 radical (unpaired) electrons. The molecule has 10 heteroatoms. The van der Waals surface area contributed by atoms with Crippen LogP contribution >= 0.6 is 24.0 Å². The highest BCUT2D eigenvalue weighted by atomic mass is 127. The Kier molecular flexibility index (Phi) is 8.59. The van der Waals surface area contributed by atoms with Gasteiger partial charge in [0.05, 0.1) is 18.8 Å². The Bertz CT molecular complexity index is 1090. The zero-order chi connectivity index (χ0) is 22.5. The Morgan fingerprint density at radius 2 is 1.94 bits per heavy atom. The van der Waals surface area contributed by atoms with Crippen LogP contribution in [0, 0.1) is 18.6 Å². The van der Waals surface area contributed by atoms with E-state index in [0.717, 1.165) is 29.7 Å². The molecule has 0 saturated carbocycles. The lowest BCUT2D eigenvalue weighted by Crippen LogP contribution is -2.44. The average molecular weight is 567 g/mol. The van der Waals surface area contributed by atoms with Gasteiger partial charge in [-0.05, 0) is 31.0 Å². The number of hydrogen-bond donors (Lipinski definition) is 2. The maximum absolute atomic E-state index is 14.2. The molecule has 1 aliphatic rings. The molecule has 4 rings (SSSR count). The molecule has 0 spiro atoms. The lowest BCUT2D eigenvalue weighted by Gasteiger charge is -2.21. The van der Waals surface area contributed by atoms with Gasteiger partial charge in [-0.3, -0.25) is 0 Å². The first kappa shape index (κ1) is 24.9. The molecule has 1 saturated heterocycles. The second kappa shape index (κ2) is 11.4. The van der Waals surface area contributed by atoms with Crippen LogP contribution in [0.5, 0.6) is 0 Å². The maximum atomic E-state index is 14.2. The van der Waals surface area contributed by atoms with E-state index in [1.54, 1.807) is 0 Å². The summed E-state index contributed by atoms with van der Waals surface area (Å²) < 4.78 is 29.4. The summed E-state index contributed by atoms with van der Waals surface area (Å²) in [6, 6.07) is 13.8. The number of anilines is 1. The van der Waals surface area contributed by atoms with E-state index in [2.05, 4.69) is 20.8 Å². The molecule has 7 nitrogen and oxygen atoms in total. The molecule has 0 aliphatic carbocycles. The predicted octanol–water partition coefficient (Wildman–Crippen LogP) is 3.53. The number of rotatable bonds is 6. The molecule has 1 unspecified atom stereocenters. The van der Waals surface area contributed by atoms with Crippen molar-refractivity contribution in [3.63, 3.8) is 0 Å². The van der Waals surface area contributed by atoms with Crippen molar-refractivity contribution in [1.82, 2.24) is 25.4 Å². The summed E-state index contributed by atoms with van der Waals surface area (Å²) in [6.07, 6.45) is 0.811. The van der Waals surface area contributed by atoms with Gasteiger partial charge >= 0.3 is 0 Å². The summed E-state index contributed by atoms with van der Waals surface area (Å²) in [6.45, 7) is 4.17. The highest BCUT2D eigenvalue weighted by molar-refractivity contribution is 14.0. The minimum absolute atomic E-state index is 0. The standard InChI is InChI=1S/C23H27F2N7.HI/c1-16-29-30-22(31(16)2)14-27-23(26-13-17-6-4-3-5-7-17)28-19-10-11-32(15-19)21-9-8-18(24)12-20(21)25;/h3-9,12,19H,10-11,13-15H2,1-2H3,(H2,26,27,28);1H. The Hall–Kier alpha value is -2.76. The molecular formula is C23H28F2IN7. The van der Waals surface area contributed by atoms with Gasteiger partial charge in [0.1, 0.15) is 17.5 Å². The lowest BCUT2D eigenvalue weighted by molar-refractivity contribution is 0.580. The smallest absolute Gasteiger partial charge is 0.192 e. The molecule has 0 amide bonds. The van der Waals surface area contributed by atoms with Crippen molar-refractivity contribution in [2.24, 2.45) is 12.0 Å². The van der Waals surface area contributed by atoms with Gasteiger partial charge in [0.15, 0.2) is 11.8 Å². The Morgan fingerprint density at radius 1 is 1.15 bits per heavy atom. The van der Waals surface area contributed by atoms with E-state index >= 15 is 0 Å². The summed E-state index contributed by atoms with van der Waals surface area (Å²) in [5, 5.41) is 15.1. The third kappa shape index (κ3) is 6.40. The highest BCUT2D eigenvalue weighted by Crippen LogP contribution is 2.24. The van der Waals surface area contributed by atoms with Crippen LogP contribution in [0.4, 0.5) is 14.5 Å². The number of aryl methyl sites for hydroxylation is 1. The van der Waals surface area contributed by atoms with Gasteiger partial charge in [0.2, 0.25) is 0 Å². The van der Waals surface area contributed by atoms with Gasteiger partial charge in [-0.25, -0.2) is 13.8 Å². The average Bonchev–Trinajstić information content (AvgIpc) is 3.37. The second-order valence-electron chi connectivity index (χ2n) is 7.90. The summed E-state index contributed by atoms with van der Waals surface area (Å²) in [4.78, 5) is 6.65. The van der Waals surface area contributed by atoms with E-state index in [4.69, 9.17) is 4.99 Å². The first-order valence-electron chi connectivity index (χ1n) is 10.6. The molecule has 1 aromatic heterocycles. The van der Waals surface area contributed by atoms with Crippen molar-refractivity contribution in [2.45, 2.75) is 32.5 Å². The van der Waals surface area contributed by atoms with Gasteiger partial charge in [-0.1, -0.05) is 30.3 Å². The molecule has 1 atom stereocenters. The number of guanidine groups is 1.